The van der Waals surface area contributed by atoms with E-state index in [1.54, 1.807) is 4.90 Å². The number of ether oxygens (including phenoxy) is 1. The van der Waals surface area contributed by atoms with Crippen LogP contribution >= 0.6 is 0 Å². The lowest BCUT2D eigenvalue weighted by Gasteiger charge is -2.23. The fourth-order valence-electron chi connectivity index (χ4n) is 1.92. The van der Waals surface area contributed by atoms with Gasteiger partial charge in [0.2, 0.25) is 0 Å². The van der Waals surface area contributed by atoms with Gasteiger partial charge in [0.05, 0.1) is 18.7 Å². The number of amides is 1. The first-order valence-corrected chi connectivity index (χ1v) is 6.60. The summed E-state index contributed by atoms with van der Waals surface area (Å²) >= 11 is 0. The maximum Gasteiger partial charge on any atom is 0.409 e. The van der Waals surface area contributed by atoms with E-state index in [2.05, 4.69) is 11.0 Å². The third kappa shape index (κ3) is 4.53. The molecule has 0 bridgehead atoms. The molecular formula is C13H23N3O2. The van der Waals surface area contributed by atoms with Gasteiger partial charge in [0.25, 0.3) is 0 Å². The van der Waals surface area contributed by atoms with Gasteiger partial charge in [0, 0.05) is 26.2 Å². The molecule has 0 aromatic rings. The summed E-state index contributed by atoms with van der Waals surface area (Å²) in [6.45, 7) is 9.36. The van der Waals surface area contributed by atoms with E-state index in [1.807, 2.05) is 20.8 Å². The average molecular weight is 253 g/mol. The Bertz CT molecular complexity index is 312. The molecule has 0 aromatic carbocycles. The molecule has 1 aliphatic heterocycles. The fourth-order valence-corrected chi connectivity index (χ4v) is 1.92. The SMILES string of the molecule is CC(C)COC(=O)N1CCCN([C@@H](C)C#N)CC1. The van der Waals surface area contributed by atoms with Gasteiger partial charge < -0.3 is 9.64 Å². The Morgan fingerprint density at radius 3 is 2.61 bits per heavy atom. The summed E-state index contributed by atoms with van der Waals surface area (Å²) in [5.41, 5.74) is 0. The summed E-state index contributed by atoms with van der Waals surface area (Å²) < 4.78 is 5.22. The maximum absolute atomic E-state index is 11.8. The van der Waals surface area contributed by atoms with Crippen LogP contribution in [-0.4, -0.2) is 54.7 Å². The normalized spacial score (nSPS) is 19.2. The minimum atomic E-state index is -0.227. The highest BCUT2D eigenvalue weighted by Crippen LogP contribution is 2.08. The number of carbonyl (C=O) groups is 1. The molecule has 5 heteroatoms. The molecule has 1 rings (SSSR count). The lowest BCUT2D eigenvalue weighted by Crippen LogP contribution is -2.38. The third-order valence-corrected chi connectivity index (χ3v) is 3.06. The molecule has 0 aromatic heterocycles. The largest absolute Gasteiger partial charge is 0.449 e. The lowest BCUT2D eigenvalue weighted by atomic mass is 10.2. The zero-order chi connectivity index (χ0) is 13.5. The summed E-state index contributed by atoms with van der Waals surface area (Å²) in [5.74, 6) is 0.357. The van der Waals surface area contributed by atoms with Crippen molar-refractivity contribution in [1.82, 2.24) is 9.80 Å². The van der Waals surface area contributed by atoms with Crippen molar-refractivity contribution >= 4 is 6.09 Å². The molecule has 0 spiro atoms. The van der Waals surface area contributed by atoms with Crippen LogP contribution in [0.3, 0.4) is 0 Å². The predicted octanol–water partition coefficient (Wildman–Crippen LogP) is 1.70. The Labute approximate surface area is 109 Å². The number of carbonyl (C=O) groups excluding carboxylic acids is 1. The van der Waals surface area contributed by atoms with Gasteiger partial charge in [-0.15, -0.1) is 0 Å². The molecule has 1 saturated heterocycles. The smallest absolute Gasteiger partial charge is 0.409 e. The van der Waals surface area contributed by atoms with Crippen LogP contribution in [0.25, 0.3) is 0 Å². The van der Waals surface area contributed by atoms with Crippen molar-refractivity contribution < 1.29 is 9.53 Å². The molecule has 18 heavy (non-hydrogen) atoms. The Morgan fingerprint density at radius 1 is 1.28 bits per heavy atom. The number of nitriles is 1. The zero-order valence-electron chi connectivity index (χ0n) is 11.6. The summed E-state index contributed by atoms with van der Waals surface area (Å²) in [7, 11) is 0. The van der Waals surface area contributed by atoms with Gasteiger partial charge in [0.1, 0.15) is 0 Å². The second-order valence-electron chi connectivity index (χ2n) is 5.15. The molecule has 5 nitrogen and oxygen atoms in total. The molecule has 1 amide bonds. The van der Waals surface area contributed by atoms with E-state index in [-0.39, 0.29) is 12.1 Å². The Hall–Kier alpha value is -1.28. The number of hydrogen-bond acceptors (Lipinski definition) is 4. The van der Waals surface area contributed by atoms with Crippen molar-refractivity contribution in [2.75, 3.05) is 32.8 Å². The second kappa shape index (κ2) is 7.22. The molecule has 0 aliphatic carbocycles. The molecular weight excluding hydrogens is 230 g/mol. The van der Waals surface area contributed by atoms with E-state index in [0.717, 1.165) is 19.5 Å². The van der Waals surface area contributed by atoms with E-state index in [9.17, 15) is 4.79 Å². The standard InChI is InChI=1S/C13H23N3O2/c1-11(2)10-18-13(17)16-6-4-5-15(7-8-16)12(3)9-14/h11-12H,4-8,10H2,1-3H3/t12-/m0/s1. The molecule has 0 saturated carbocycles. The number of nitrogens with zero attached hydrogens (tertiary/aromatic N) is 3. The van der Waals surface area contributed by atoms with Crippen molar-refractivity contribution in [1.29, 1.82) is 5.26 Å². The van der Waals surface area contributed by atoms with Crippen molar-refractivity contribution in [2.45, 2.75) is 33.2 Å². The highest BCUT2D eigenvalue weighted by atomic mass is 16.6. The molecule has 102 valence electrons. The van der Waals surface area contributed by atoms with E-state index < -0.39 is 0 Å². The van der Waals surface area contributed by atoms with Crippen molar-refractivity contribution in [2.24, 2.45) is 5.92 Å². The van der Waals surface area contributed by atoms with Gasteiger partial charge in [-0.05, 0) is 19.3 Å². The van der Waals surface area contributed by atoms with Crippen LogP contribution in [0.5, 0.6) is 0 Å². The molecule has 0 radical (unpaired) electrons. The van der Waals surface area contributed by atoms with E-state index in [1.165, 1.54) is 0 Å². The molecule has 1 heterocycles. The van der Waals surface area contributed by atoms with E-state index in [0.29, 0.717) is 25.6 Å². The van der Waals surface area contributed by atoms with Gasteiger partial charge in [-0.1, -0.05) is 13.8 Å². The Balaban J connectivity index is 2.42. The van der Waals surface area contributed by atoms with Crippen LogP contribution in [0.4, 0.5) is 4.79 Å². The van der Waals surface area contributed by atoms with Crippen LogP contribution in [0.1, 0.15) is 27.2 Å². The van der Waals surface area contributed by atoms with Crippen molar-refractivity contribution in [3.63, 3.8) is 0 Å². The zero-order valence-corrected chi connectivity index (χ0v) is 11.6. The van der Waals surface area contributed by atoms with Crippen LogP contribution in [0, 0.1) is 17.2 Å². The Kier molecular flexibility index (Phi) is 5.93. The van der Waals surface area contributed by atoms with Gasteiger partial charge >= 0.3 is 6.09 Å². The van der Waals surface area contributed by atoms with Gasteiger partial charge in [-0.2, -0.15) is 5.26 Å². The van der Waals surface area contributed by atoms with Crippen LogP contribution in [-0.2, 0) is 4.74 Å². The molecule has 1 aliphatic rings. The number of hydrogen-bond donors (Lipinski definition) is 0. The summed E-state index contributed by atoms with van der Waals surface area (Å²) in [4.78, 5) is 15.7. The quantitative estimate of drug-likeness (QED) is 0.768. The molecule has 0 N–H and O–H groups in total. The first-order chi connectivity index (χ1) is 8.54. The van der Waals surface area contributed by atoms with Gasteiger partial charge in [-0.25, -0.2) is 4.79 Å². The second-order valence-corrected chi connectivity index (χ2v) is 5.15. The molecule has 0 unspecified atom stereocenters. The minimum Gasteiger partial charge on any atom is -0.449 e. The van der Waals surface area contributed by atoms with E-state index in [4.69, 9.17) is 10.00 Å². The topological polar surface area (TPSA) is 56.6 Å². The number of rotatable bonds is 3. The summed E-state index contributed by atoms with van der Waals surface area (Å²) in [6, 6.07) is 2.15. The average Bonchev–Trinajstić information content (AvgIpc) is 2.60. The highest BCUT2D eigenvalue weighted by molar-refractivity contribution is 5.67. The Morgan fingerprint density at radius 2 is 2.00 bits per heavy atom. The monoisotopic (exact) mass is 253 g/mol. The maximum atomic E-state index is 11.8. The first-order valence-electron chi connectivity index (χ1n) is 6.60. The molecule has 1 atom stereocenters. The highest BCUT2D eigenvalue weighted by Gasteiger charge is 2.22. The fraction of sp³-hybridized carbons (Fsp3) is 0.846. The van der Waals surface area contributed by atoms with Gasteiger partial charge in [0.15, 0.2) is 0 Å². The summed E-state index contributed by atoms with van der Waals surface area (Å²) in [6.07, 6.45) is 0.665. The van der Waals surface area contributed by atoms with Crippen molar-refractivity contribution in [3.05, 3.63) is 0 Å². The third-order valence-electron chi connectivity index (χ3n) is 3.06. The van der Waals surface area contributed by atoms with Crippen LogP contribution in [0.2, 0.25) is 0 Å². The van der Waals surface area contributed by atoms with Gasteiger partial charge in [-0.3, -0.25) is 4.90 Å². The minimum absolute atomic E-state index is 0.0864. The van der Waals surface area contributed by atoms with Crippen LogP contribution in [0.15, 0.2) is 0 Å². The lowest BCUT2D eigenvalue weighted by molar-refractivity contribution is 0.0928. The van der Waals surface area contributed by atoms with Crippen LogP contribution < -0.4 is 0 Å². The summed E-state index contributed by atoms with van der Waals surface area (Å²) in [5, 5.41) is 8.90. The van der Waals surface area contributed by atoms with E-state index >= 15 is 0 Å². The van der Waals surface area contributed by atoms with Crippen molar-refractivity contribution in [3.8, 4) is 6.07 Å². The predicted molar refractivity (Wildman–Crippen MR) is 69.0 cm³/mol. The first kappa shape index (κ1) is 14.8. The molecule has 1 fully saturated rings.